The smallest absolute Gasteiger partial charge is 0.305 e. The lowest BCUT2D eigenvalue weighted by Gasteiger charge is -2.36. The van der Waals surface area contributed by atoms with Gasteiger partial charge in [-0.05, 0) is 41.5 Å². The Balaban J connectivity index is 4.44. The minimum Gasteiger partial charge on any atom is -0.481 e. The van der Waals surface area contributed by atoms with E-state index in [1.54, 1.807) is 4.90 Å². The van der Waals surface area contributed by atoms with Crippen LogP contribution in [0.5, 0.6) is 0 Å². The molecule has 0 aliphatic carbocycles. The van der Waals surface area contributed by atoms with Crippen LogP contribution >= 0.6 is 0 Å². The predicted octanol–water partition coefficient (Wildman–Crippen LogP) is 1.87. The summed E-state index contributed by atoms with van der Waals surface area (Å²) in [6.45, 7) is 12.8. The molecule has 0 atom stereocenters. The highest BCUT2D eigenvalue weighted by Crippen LogP contribution is 2.15. The maximum Gasteiger partial charge on any atom is 0.305 e. The molecule has 0 bridgehead atoms. The largest absolute Gasteiger partial charge is 0.481 e. The number of aliphatic carboxylic acids is 1. The summed E-state index contributed by atoms with van der Waals surface area (Å²) in [4.78, 5) is 24.5. The van der Waals surface area contributed by atoms with Crippen molar-refractivity contribution < 1.29 is 14.7 Å². The minimum atomic E-state index is -0.880. The van der Waals surface area contributed by atoms with Crippen LogP contribution in [0.15, 0.2) is 0 Å². The summed E-state index contributed by atoms with van der Waals surface area (Å²) in [5.74, 6) is -0.889. The van der Waals surface area contributed by atoms with Crippen LogP contribution in [0.4, 0.5) is 0 Å². The zero-order valence-electron chi connectivity index (χ0n) is 13.0. The monoisotopic (exact) mass is 272 g/mol. The van der Waals surface area contributed by atoms with E-state index in [2.05, 4.69) is 5.32 Å². The molecular formula is C14H28N2O3. The second kappa shape index (κ2) is 6.89. The second-order valence-electron chi connectivity index (χ2n) is 6.79. The fraction of sp³-hybridized carbons (Fsp3) is 0.857. The molecule has 0 spiro atoms. The van der Waals surface area contributed by atoms with E-state index in [0.29, 0.717) is 13.0 Å². The van der Waals surface area contributed by atoms with Crippen LogP contribution in [0, 0.1) is 0 Å². The number of carboxylic acid groups (broad SMARTS) is 1. The van der Waals surface area contributed by atoms with Gasteiger partial charge in [-0.1, -0.05) is 0 Å². The first-order valence-electron chi connectivity index (χ1n) is 6.71. The van der Waals surface area contributed by atoms with Gasteiger partial charge in [-0.2, -0.15) is 0 Å². The average Bonchev–Trinajstić information content (AvgIpc) is 2.12. The first-order valence-corrected chi connectivity index (χ1v) is 6.71. The van der Waals surface area contributed by atoms with Crippen LogP contribution in [-0.2, 0) is 9.59 Å². The molecule has 0 aromatic rings. The first kappa shape index (κ1) is 17.9. The highest BCUT2D eigenvalue weighted by atomic mass is 16.4. The first-order chi connectivity index (χ1) is 8.43. The lowest BCUT2D eigenvalue weighted by atomic mass is 10.0. The summed E-state index contributed by atoms with van der Waals surface area (Å²) in [5.41, 5.74) is -0.373. The van der Waals surface area contributed by atoms with Gasteiger partial charge in [0.1, 0.15) is 0 Å². The van der Waals surface area contributed by atoms with E-state index in [4.69, 9.17) is 5.11 Å². The van der Waals surface area contributed by atoms with Crippen molar-refractivity contribution in [3.8, 4) is 0 Å². The van der Waals surface area contributed by atoms with Gasteiger partial charge in [0.05, 0.1) is 6.42 Å². The molecule has 0 radical (unpaired) electrons. The summed E-state index contributed by atoms with van der Waals surface area (Å²) >= 11 is 0. The van der Waals surface area contributed by atoms with Crippen molar-refractivity contribution in [3.63, 3.8) is 0 Å². The van der Waals surface area contributed by atoms with Crippen LogP contribution in [0.25, 0.3) is 0 Å². The third-order valence-electron chi connectivity index (χ3n) is 2.65. The van der Waals surface area contributed by atoms with Gasteiger partial charge in [-0.25, -0.2) is 0 Å². The summed E-state index contributed by atoms with van der Waals surface area (Å²) in [5, 5.41) is 12.0. The molecule has 0 heterocycles. The number of amides is 1. The van der Waals surface area contributed by atoms with Crippen LogP contribution < -0.4 is 5.32 Å². The molecule has 5 heteroatoms. The van der Waals surface area contributed by atoms with Crippen molar-refractivity contribution in [2.45, 2.75) is 65.5 Å². The molecule has 112 valence electrons. The Morgan fingerprint density at radius 1 is 1.05 bits per heavy atom. The Kier molecular flexibility index (Phi) is 6.49. The van der Waals surface area contributed by atoms with E-state index in [9.17, 15) is 9.59 Å². The summed E-state index contributed by atoms with van der Waals surface area (Å²) in [6, 6.07) is 0. The van der Waals surface area contributed by atoms with Crippen LogP contribution in [-0.4, -0.2) is 46.1 Å². The number of rotatable bonds is 6. The van der Waals surface area contributed by atoms with Gasteiger partial charge in [0.2, 0.25) is 5.91 Å². The molecule has 0 aliphatic heterocycles. The number of carbonyl (C=O) groups is 2. The van der Waals surface area contributed by atoms with Gasteiger partial charge in [0, 0.05) is 30.6 Å². The van der Waals surface area contributed by atoms with Crippen molar-refractivity contribution in [1.29, 1.82) is 0 Å². The lowest BCUT2D eigenvalue weighted by molar-refractivity contribution is -0.140. The molecule has 0 unspecified atom stereocenters. The molecule has 5 nitrogen and oxygen atoms in total. The summed E-state index contributed by atoms with van der Waals surface area (Å²) < 4.78 is 0. The van der Waals surface area contributed by atoms with E-state index in [1.807, 2.05) is 41.5 Å². The van der Waals surface area contributed by atoms with Crippen molar-refractivity contribution in [3.05, 3.63) is 0 Å². The average molecular weight is 272 g/mol. The van der Waals surface area contributed by atoms with Gasteiger partial charge in [-0.15, -0.1) is 0 Å². The zero-order valence-corrected chi connectivity index (χ0v) is 13.0. The molecule has 0 saturated heterocycles. The van der Waals surface area contributed by atoms with Gasteiger partial charge >= 0.3 is 5.97 Å². The van der Waals surface area contributed by atoms with E-state index in [1.165, 1.54) is 0 Å². The molecule has 0 fully saturated rings. The number of hydrogen-bond acceptors (Lipinski definition) is 3. The van der Waals surface area contributed by atoms with Gasteiger partial charge < -0.3 is 15.3 Å². The highest BCUT2D eigenvalue weighted by Gasteiger charge is 2.26. The standard InChI is InChI=1S/C14H28N2O3/c1-13(2,3)15-9-7-11(17)16(14(4,5)6)10-8-12(18)19/h15H,7-10H2,1-6H3,(H,18,19). The second-order valence-corrected chi connectivity index (χ2v) is 6.79. The number of carboxylic acids is 1. The van der Waals surface area contributed by atoms with Crippen molar-refractivity contribution in [1.82, 2.24) is 10.2 Å². The quantitative estimate of drug-likeness (QED) is 0.774. The van der Waals surface area contributed by atoms with Crippen molar-refractivity contribution >= 4 is 11.9 Å². The van der Waals surface area contributed by atoms with Crippen LogP contribution in [0.1, 0.15) is 54.4 Å². The number of nitrogens with zero attached hydrogens (tertiary/aromatic N) is 1. The van der Waals surface area contributed by atoms with E-state index in [0.717, 1.165) is 0 Å². The van der Waals surface area contributed by atoms with E-state index in [-0.39, 0.29) is 30.0 Å². The van der Waals surface area contributed by atoms with Gasteiger partial charge in [0.15, 0.2) is 0 Å². The Hall–Kier alpha value is -1.10. The Morgan fingerprint density at radius 3 is 1.95 bits per heavy atom. The zero-order chi connectivity index (χ0) is 15.3. The molecule has 0 aliphatic rings. The molecule has 0 rings (SSSR count). The minimum absolute atomic E-state index is 0.00880. The van der Waals surface area contributed by atoms with Crippen LogP contribution in [0.2, 0.25) is 0 Å². The third-order valence-corrected chi connectivity index (χ3v) is 2.65. The maximum atomic E-state index is 12.2. The van der Waals surface area contributed by atoms with Gasteiger partial charge in [0.25, 0.3) is 0 Å². The Bertz CT molecular complexity index is 314. The Morgan fingerprint density at radius 2 is 1.58 bits per heavy atom. The molecule has 2 N–H and O–H groups in total. The fourth-order valence-electron chi connectivity index (χ4n) is 1.72. The molecule has 0 aromatic carbocycles. The van der Waals surface area contributed by atoms with Crippen molar-refractivity contribution in [2.24, 2.45) is 0 Å². The SMILES string of the molecule is CC(C)(C)NCCC(=O)N(CCC(=O)O)C(C)(C)C. The highest BCUT2D eigenvalue weighted by molar-refractivity contribution is 5.78. The third kappa shape index (κ3) is 8.59. The number of nitrogens with one attached hydrogen (secondary N) is 1. The maximum absolute atomic E-state index is 12.2. The number of hydrogen-bond donors (Lipinski definition) is 2. The fourth-order valence-corrected chi connectivity index (χ4v) is 1.72. The van der Waals surface area contributed by atoms with Crippen molar-refractivity contribution in [2.75, 3.05) is 13.1 Å². The topological polar surface area (TPSA) is 69.6 Å². The summed E-state index contributed by atoms with van der Waals surface area (Å²) in [6.07, 6.45) is 0.365. The normalized spacial score (nSPS) is 12.3. The molecule has 1 amide bonds. The number of carbonyl (C=O) groups excluding carboxylic acids is 1. The predicted molar refractivity (Wildman–Crippen MR) is 76.1 cm³/mol. The molecule has 0 aromatic heterocycles. The van der Waals surface area contributed by atoms with E-state index >= 15 is 0 Å². The molecule has 19 heavy (non-hydrogen) atoms. The van der Waals surface area contributed by atoms with Crippen LogP contribution in [0.3, 0.4) is 0 Å². The van der Waals surface area contributed by atoms with E-state index < -0.39 is 5.97 Å². The molecule has 0 saturated carbocycles. The molecular weight excluding hydrogens is 244 g/mol. The Labute approximate surface area is 116 Å². The summed E-state index contributed by atoms with van der Waals surface area (Å²) in [7, 11) is 0. The lowest BCUT2D eigenvalue weighted by Crippen LogP contribution is -2.48. The van der Waals surface area contributed by atoms with Gasteiger partial charge in [-0.3, -0.25) is 9.59 Å².